The fraction of sp³-hybridized carbons (Fsp3) is 0.824. The number of allylic oxidation sites excluding steroid dienone is 2. The summed E-state index contributed by atoms with van der Waals surface area (Å²) < 4.78 is 0.459. The van der Waals surface area contributed by atoms with Crippen LogP contribution in [0.1, 0.15) is 45.4 Å². The standard InChI is InChI=1S/C17H24IS/c1-11-3-6-13-7-8-19(2)15-9-14(15)16(13)17(11,18)10-12-4-5-12/h2,10-11,13-16H,3-9H2,1H3/q-1. The molecule has 3 aliphatic carbocycles. The van der Waals surface area contributed by atoms with Crippen LogP contribution in [0.4, 0.5) is 0 Å². The fourth-order valence-electron chi connectivity index (χ4n) is 4.68. The molecule has 19 heavy (non-hydrogen) atoms. The first-order valence-electron chi connectivity index (χ1n) is 7.93. The molecule has 1 saturated heterocycles. The van der Waals surface area contributed by atoms with Gasteiger partial charge in [-0.2, -0.15) is 0 Å². The number of hydrogen-bond donors (Lipinski definition) is 0. The largest absolute Gasteiger partial charge is 0.454 e. The highest BCUT2D eigenvalue weighted by Crippen LogP contribution is 2.61. The molecule has 0 bridgehead atoms. The summed E-state index contributed by atoms with van der Waals surface area (Å²) in [5.74, 6) is 5.06. The van der Waals surface area contributed by atoms with Crippen molar-refractivity contribution in [3.05, 3.63) is 11.6 Å². The van der Waals surface area contributed by atoms with Crippen molar-refractivity contribution in [1.29, 1.82) is 0 Å². The summed E-state index contributed by atoms with van der Waals surface area (Å²) in [6.07, 6.45) is 11.2. The summed E-state index contributed by atoms with van der Waals surface area (Å²) in [6.45, 7) is 2.51. The maximum absolute atomic E-state index is 6.42. The normalized spacial score (nSPS) is 52.9. The van der Waals surface area contributed by atoms with Crippen LogP contribution in [0.25, 0.3) is 0 Å². The van der Waals surface area contributed by atoms with E-state index in [4.69, 9.17) is 5.69 Å². The number of rotatable bonds is 1. The first-order chi connectivity index (χ1) is 9.09. The molecule has 4 aliphatic rings. The Morgan fingerprint density at radius 2 is 2.11 bits per heavy atom. The van der Waals surface area contributed by atoms with E-state index in [1.165, 1.54) is 44.3 Å². The molecule has 0 nitrogen and oxygen atoms in total. The topological polar surface area (TPSA) is 0 Å². The molecule has 1 aliphatic heterocycles. The predicted octanol–water partition coefficient (Wildman–Crippen LogP) is 4.54. The lowest BCUT2D eigenvalue weighted by molar-refractivity contribution is 0.146. The molecule has 6 unspecified atom stereocenters. The zero-order valence-electron chi connectivity index (χ0n) is 11.8. The van der Waals surface area contributed by atoms with E-state index >= 15 is 0 Å². The minimum atomic E-state index is 0.239. The average Bonchev–Trinajstić information content (AvgIpc) is 3.22. The van der Waals surface area contributed by atoms with E-state index in [9.17, 15) is 0 Å². The van der Waals surface area contributed by atoms with Crippen molar-refractivity contribution < 1.29 is 0 Å². The van der Waals surface area contributed by atoms with Gasteiger partial charge in [-0.1, -0.05) is 59.9 Å². The number of hydrogen-bond acceptors (Lipinski definition) is 1. The van der Waals surface area contributed by atoms with Crippen LogP contribution in [0.3, 0.4) is 0 Å². The number of fused-ring (bicyclic) bond motifs is 3. The van der Waals surface area contributed by atoms with Gasteiger partial charge in [-0.3, -0.25) is 0 Å². The smallest absolute Gasteiger partial charge is 0.0461 e. The highest BCUT2D eigenvalue weighted by Gasteiger charge is 2.55. The molecule has 6 atom stereocenters. The SMILES string of the molecule is C#[S-]1CCC2CCC(C)C(I)(C=C3CC3)C2C2CC21. The van der Waals surface area contributed by atoms with E-state index in [0.717, 1.165) is 28.9 Å². The van der Waals surface area contributed by atoms with Crippen LogP contribution in [0.2, 0.25) is 0 Å². The van der Waals surface area contributed by atoms with E-state index in [1.807, 2.05) is 0 Å². The predicted molar refractivity (Wildman–Crippen MR) is 93.1 cm³/mol. The minimum absolute atomic E-state index is 0.239. The molecule has 0 spiro atoms. The third kappa shape index (κ3) is 2.17. The second-order valence-corrected chi connectivity index (χ2v) is 11.1. The lowest BCUT2D eigenvalue weighted by Gasteiger charge is -2.48. The Labute approximate surface area is 133 Å². The Balaban J connectivity index is 1.72. The van der Waals surface area contributed by atoms with E-state index in [0.29, 0.717) is 3.42 Å². The molecule has 0 aromatic heterocycles. The van der Waals surface area contributed by atoms with Crippen LogP contribution in [0, 0.1) is 29.4 Å². The van der Waals surface area contributed by atoms with Gasteiger partial charge in [-0.15, -0.1) is 11.0 Å². The molecule has 0 aromatic carbocycles. The molecule has 0 aromatic rings. The average molecular weight is 387 g/mol. The lowest BCUT2D eigenvalue weighted by Crippen LogP contribution is -2.46. The van der Waals surface area contributed by atoms with Crippen LogP contribution >= 0.6 is 22.6 Å². The molecule has 0 N–H and O–H groups in total. The summed E-state index contributed by atoms with van der Waals surface area (Å²) in [7, 11) is 0.239. The molecule has 4 fully saturated rings. The van der Waals surface area contributed by atoms with Gasteiger partial charge in [0.05, 0.1) is 0 Å². The Bertz CT molecular complexity index is 493. The van der Waals surface area contributed by atoms with Gasteiger partial charge >= 0.3 is 0 Å². The molecule has 3 saturated carbocycles. The second kappa shape index (κ2) is 4.55. The van der Waals surface area contributed by atoms with Crippen LogP contribution in [0.15, 0.2) is 11.6 Å². The van der Waals surface area contributed by atoms with Crippen molar-refractivity contribution in [2.75, 3.05) is 5.75 Å². The summed E-state index contributed by atoms with van der Waals surface area (Å²) in [5, 5.41) is 0.895. The van der Waals surface area contributed by atoms with E-state index < -0.39 is 0 Å². The molecule has 1 heterocycles. The summed E-state index contributed by atoms with van der Waals surface area (Å²) in [5.41, 5.74) is 8.17. The van der Waals surface area contributed by atoms with Crippen molar-refractivity contribution in [1.82, 2.24) is 0 Å². The third-order valence-electron chi connectivity index (χ3n) is 6.06. The van der Waals surface area contributed by atoms with Crippen LogP contribution < -0.4 is 0 Å². The summed E-state index contributed by atoms with van der Waals surface area (Å²) in [4.78, 5) is 0. The first-order valence-corrected chi connectivity index (χ1v) is 10.5. The highest BCUT2D eigenvalue weighted by atomic mass is 127. The Kier molecular flexibility index (Phi) is 3.18. The van der Waals surface area contributed by atoms with E-state index in [2.05, 4.69) is 35.6 Å². The maximum Gasteiger partial charge on any atom is 0.0461 e. The van der Waals surface area contributed by atoms with Gasteiger partial charge in [0.1, 0.15) is 0 Å². The molecule has 4 rings (SSSR count). The van der Waals surface area contributed by atoms with E-state index in [1.54, 1.807) is 5.57 Å². The molecule has 2 heteroatoms. The van der Waals surface area contributed by atoms with Gasteiger partial charge in [-0.25, -0.2) is 0 Å². The Hall–Kier alpha value is 0.600. The molecular weight excluding hydrogens is 363 g/mol. The second-order valence-electron chi connectivity index (χ2n) is 7.29. The van der Waals surface area contributed by atoms with Crippen molar-refractivity contribution in [3.63, 3.8) is 0 Å². The van der Waals surface area contributed by atoms with Crippen molar-refractivity contribution in [2.45, 2.75) is 54.1 Å². The Morgan fingerprint density at radius 1 is 1.32 bits per heavy atom. The first kappa shape index (κ1) is 13.3. The van der Waals surface area contributed by atoms with Gasteiger partial charge in [0.2, 0.25) is 0 Å². The van der Waals surface area contributed by atoms with Crippen molar-refractivity contribution in [3.8, 4) is 5.69 Å². The lowest BCUT2D eigenvalue weighted by atomic mass is 9.64. The van der Waals surface area contributed by atoms with Crippen LogP contribution in [0.5, 0.6) is 0 Å². The third-order valence-corrected chi connectivity index (χ3v) is 10.2. The van der Waals surface area contributed by atoms with Gasteiger partial charge in [0.15, 0.2) is 0 Å². The zero-order chi connectivity index (χ0) is 13.2. The van der Waals surface area contributed by atoms with Gasteiger partial charge < -0.3 is 16.0 Å². The molecule has 0 amide bonds. The highest BCUT2D eigenvalue weighted by molar-refractivity contribution is 14.1. The van der Waals surface area contributed by atoms with Crippen molar-refractivity contribution in [2.24, 2.45) is 23.7 Å². The molecule has 106 valence electrons. The van der Waals surface area contributed by atoms with Crippen LogP contribution in [-0.4, -0.2) is 14.4 Å². The number of alkyl halides is 1. The Morgan fingerprint density at radius 3 is 2.84 bits per heavy atom. The summed E-state index contributed by atoms with van der Waals surface area (Å²) in [6, 6.07) is 0. The van der Waals surface area contributed by atoms with Crippen LogP contribution in [-0.2, 0) is 10.3 Å². The number of halogens is 1. The van der Waals surface area contributed by atoms with Gasteiger partial charge in [-0.05, 0) is 43.4 Å². The fourth-order valence-corrected chi connectivity index (χ4v) is 8.37. The zero-order valence-corrected chi connectivity index (χ0v) is 14.8. The molecule has 0 radical (unpaired) electrons. The summed E-state index contributed by atoms with van der Waals surface area (Å²) >= 11 is 2.86. The molecular formula is C17H24IS-. The van der Waals surface area contributed by atoms with Crippen molar-refractivity contribution >= 4 is 32.9 Å². The van der Waals surface area contributed by atoms with Gasteiger partial charge in [0, 0.05) is 3.42 Å². The monoisotopic (exact) mass is 387 g/mol. The van der Waals surface area contributed by atoms with Gasteiger partial charge in [0.25, 0.3) is 0 Å². The minimum Gasteiger partial charge on any atom is -0.454 e. The quantitative estimate of drug-likeness (QED) is 0.268. The maximum atomic E-state index is 6.42. The van der Waals surface area contributed by atoms with E-state index in [-0.39, 0.29) is 10.3 Å².